The second-order valence-corrected chi connectivity index (χ2v) is 4.59. The Balaban J connectivity index is 4.13. The van der Waals surface area contributed by atoms with Gasteiger partial charge in [0.25, 0.3) is 0 Å². The molecule has 0 saturated heterocycles. The fourth-order valence-electron chi connectivity index (χ4n) is 1.74. The summed E-state index contributed by atoms with van der Waals surface area (Å²) < 4.78 is 0. The van der Waals surface area contributed by atoms with E-state index in [1.54, 1.807) is 0 Å². The van der Waals surface area contributed by atoms with Crippen molar-refractivity contribution in [2.45, 2.75) is 52.3 Å². The Morgan fingerprint density at radius 2 is 1.62 bits per heavy atom. The van der Waals surface area contributed by atoms with Gasteiger partial charge in [0.15, 0.2) is 0 Å². The van der Waals surface area contributed by atoms with Crippen LogP contribution >= 0.6 is 0 Å². The van der Waals surface area contributed by atoms with E-state index in [2.05, 4.69) is 19.2 Å². The average molecular weight is 233 g/mol. The maximum atomic E-state index is 9.95. The third-order valence-corrected chi connectivity index (χ3v) is 3.22. The first-order chi connectivity index (χ1) is 7.58. The molecule has 0 aliphatic rings. The van der Waals surface area contributed by atoms with Crippen LogP contribution in [0.2, 0.25) is 0 Å². The van der Waals surface area contributed by atoms with E-state index in [0.29, 0.717) is 5.92 Å². The zero-order valence-electron chi connectivity index (χ0n) is 10.7. The minimum atomic E-state index is -0.650. The van der Waals surface area contributed by atoms with Gasteiger partial charge in [0.2, 0.25) is 0 Å². The maximum absolute atomic E-state index is 9.95. The molecule has 0 aromatic carbocycles. The Labute approximate surface area is 98.7 Å². The second-order valence-electron chi connectivity index (χ2n) is 4.59. The zero-order chi connectivity index (χ0) is 12.6. The van der Waals surface area contributed by atoms with E-state index in [1.165, 1.54) is 0 Å². The van der Waals surface area contributed by atoms with Crippen LogP contribution in [-0.4, -0.2) is 40.8 Å². The van der Waals surface area contributed by atoms with Crippen molar-refractivity contribution in [1.82, 2.24) is 5.32 Å². The lowest BCUT2D eigenvalue weighted by atomic mass is 9.90. The zero-order valence-corrected chi connectivity index (χ0v) is 10.7. The number of nitrogens with one attached hydrogen (secondary N) is 1. The monoisotopic (exact) mass is 233 g/mol. The van der Waals surface area contributed by atoms with Crippen molar-refractivity contribution in [2.75, 3.05) is 13.2 Å². The van der Waals surface area contributed by atoms with Gasteiger partial charge in [-0.1, -0.05) is 27.2 Å². The van der Waals surface area contributed by atoms with Crippen LogP contribution in [0.1, 0.15) is 40.0 Å². The smallest absolute Gasteiger partial charge is 0.108 e. The quantitative estimate of drug-likeness (QED) is 0.443. The molecule has 0 aromatic rings. The molecule has 3 atom stereocenters. The molecule has 0 heterocycles. The van der Waals surface area contributed by atoms with Crippen molar-refractivity contribution in [3.63, 3.8) is 0 Å². The van der Waals surface area contributed by atoms with Crippen LogP contribution in [-0.2, 0) is 0 Å². The van der Waals surface area contributed by atoms with Crippen LogP contribution in [0, 0.1) is 11.8 Å². The molecule has 0 amide bonds. The standard InChI is InChI=1S/C12H27NO3/c1-4-9(3)6-10(5-2)12(16)13-11(7-14)8-15/h9-16H,4-8H2,1-3H3. The lowest BCUT2D eigenvalue weighted by molar-refractivity contribution is 0.0294. The van der Waals surface area contributed by atoms with E-state index in [0.717, 1.165) is 19.3 Å². The third kappa shape index (κ3) is 5.80. The summed E-state index contributed by atoms with van der Waals surface area (Å²) in [4.78, 5) is 0. The van der Waals surface area contributed by atoms with Crippen LogP contribution < -0.4 is 5.32 Å². The van der Waals surface area contributed by atoms with Crippen molar-refractivity contribution in [3.05, 3.63) is 0 Å². The highest BCUT2D eigenvalue weighted by molar-refractivity contribution is 4.73. The molecule has 0 spiro atoms. The number of hydrogen-bond donors (Lipinski definition) is 4. The highest BCUT2D eigenvalue weighted by Gasteiger charge is 2.21. The summed E-state index contributed by atoms with van der Waals surface area (Å²) in [6, 6.07) is -0.430. The molecule has 0 bridgehead atoms. The molecule has 4 heteroatoms. The minimum Gasteiger partial charge on any atom is -0.395 e. The van der Waals surface area contributed by atoms with Gasteiger partial charge in [-0.3, -0.25) is 5.32 Å². The lowest BCUT2D eigenvalue weighted by Crippen LogP contribution is -2.46. The van der Waals surface area contributed by atoms with Gasteiger partial charge < -0.3 is 15.3 Å². The average Bonchev–Trinajstić information content (AvgIpc) is 2.31. The Bertz CT molecular complexity index is 162. The molecule has 0 radical (unpaired) electrons. The van der Waals surface area contributed by atoms with Gasteiger partial charge in [0.05, 0.1) is 19.3 Å². The van der Waals surface area contributed by atoms with E-state index in [-0.39, 0.29) is 19.1 Å². The summed E-state index contributed by atoms with van der Waals surface area (Å²) in [5, 5.41) is 30.7. The number of hydrogen-bond acceptors (Lipinski definition) is 4. The first-order valence-corrected chi connectivity index (χ1v) is 6.24. The summed E-state index contributed by atoms with van der Waals surface area (Å²) in [6.45, 7) is 6.04. The molecule has 0 aromatic heterocycles. The molecule has 98 valence electrons. The fourth-order valence-corrected chi connectivity index (χ4v) is 1.74. The van der Waals surface area contributed by atoms with E-state index < -0.39 is 12.3 Å². The van der Waals surface area contributed by atoms with Gasteiger partial charge in [-0.25, -0.2) is 0 Å². The topological polar surface area (TPSA) is 72.7 Å². The normalized spacial score (nSPS) is 17.4. The molecule has 4 N–H and O–H groups in total. The van der Waals surface area contributed by atoms with Crippen molar-refractivity contribution in [3.8, 4) is 0 Å². The summed E-state index contributed by atoms with van der Waals surface area (Å²) >= 11 is 0. The molecule has 0 saturated carbocycles. The first kappa shape index (κ1) is 15.8. The summed E-state index contributed by atoms with van der Waals surface area (Å²) in [6.07, 6.45) is 2.31. The molecular formula is C12H27NO3. The van der Waals surface area contributed by atoms with Gasteiger partial charge in [-0.15, -0.1) is 0 Å². The molecule has 16 heavy (non-hydrogen) atoms. The number of aliphatic hydroxyl groups excluding tert-OH is 3. The van der Waals surface area contributed by atoms with Crippen LogP contribution in [0.3, 0.4) is 0 Å². The van der Waals surface area contributed by atoms with Crippen LogP contribution in [0.4, 0.5) is 0 Å². The van der Waals surface area contributed by atoms with Crippen molar-refractivity contribution >= 4 is 0 Å². The summed E-state index contributed by atoms with van der Waals surface area (Å²) in [5.41, 5.74) is 0. The SMILES string of the molecule is CCC(C)CC(CC)C(O)NC(CO)CO. The minimum absolute atomic E-state index is 0.159. The molecule has 3 unspecified atom stereocenters. The second kappa shape index (κ2) is 8.93. The molecular weight excluding hydrogens is 206 g/mol. The molecule has 0 rings (SSSR count). The number of aliphatic hydroxyl groups is 3. The molecule has 4 nitrogen and oxygen atoms in total. The Hall–Kier alpha value is -0.160. The van der Waals surface area contributed by atoms with Crippen molar-refractivity contribution < 1.29 is 15.3 Å². The highest BCUT2D eigenvalue weighted by atomic mass is 16.3. The van der Waals surface area contributed by atoms with Gasteiger partial charge in [0, 0.05) is 0 Å². The molecule has 0 aliphatic heterocycles. The lowest BCUT2D eigenvalue weighted by Gasteiger charge is -2.27. The van der Waals surface area contributed by atoms with E-state index in [4.69, 9.17) is 10.2 Å². The number of rotatable bonds is 9. The Morgan fingerprint density at radius 1 is 1.06 bits per heavy atom. The fraction of sp³-hybridized carbons (Fsp3) is 1.00. The Kier molecular flexibility index (Phi) is 8.84. The third-order valence-electron chi connectivity index (χ3n) is 3.22. The van der Waals surface area contributed by atoms with Crippen LogP contribution in [0.5, 0.6) is 0 Å². The first-order valence-electron chi connectivity index (χ1n) is 6.24. The summed E-state index contributed by atoms with van der Waals surface area (Å²) in [7, 11) is 0. The van der Waals surface area contributed by atoms with Crippen molar-refractivity contribution in [1.29, 1.82) is 0 Å². The van der Waals surface area contributed by atoms with E-state index in [1.807, 2.05) is 6.92 Å². The van der Waals surface area contributed by atoms with Crippen LogP contribution in [0.25, 0.3) is 0 Å². The maximum Gasteiger partial charge on any atom is 0.108 e. The van der Waals surface area contributed by atoms with Crippen LogP contribution in [0.15, 0.2) is 0 Å². The van der Waals surface area contributed by atoms with E-state index >= 15 is 0 Å². The van der Waals surface area contributed by atoms with Gasteiger partial charge in [-0.2, -0.15) is 0 Å². The largest absolute Gasteiger partial charge is 0.395 e. The van der Waals surface area contributed by atoms with Gasteiger partial charge in [-0.05, 0) is 24.7 Å². The molecule has 0 aliphatic carbocycles. The highest BCUT2D eigenvalue weighted by Crippen LogP contribution is 2.20. The van der Waals surface area contributed by atoms with Gasteiger partial charge in [0.1, 0.15) is 6.23 Å². The molecule has 0 fully saturated rings. The van der Waals surface area contributed by atoms with Gasteiger partial charge >= 0.3 is 0 Å². The summed E-state index contributed by atoms with van der Waals surface area (Å²) in [5.74, 6) is 0.763. The predicted octanol–water partition coefficient (Wildman–Crippen LogP) is 0.710. The van der Waals surface area contributed by atoms with E-state index in [9.17, 15) is 5.11 Å². The van der Waals surface area contributed by atoms with Crippen molar-refractivity contribution in [2.24, 2.45) is 11.8 Å². The Morgan fingerprint density at radius 3 is 2.00 bits per heavy atom. The predicted molar refractivity (Wildman–Crippen MR) is 65.0 cm³/mol.